The van der Waals surface area contributed by atoms with Crippen LogP contribution in [0.5, 0.6) is 5.75 Å². The van der Waals surface area contributed by atoms with Crippen molar-refractivity contribution in [1.29, 1.82) is 0 Å². The number of halogens is 1. The molecule has 0 unspecified atom stereocenters. The molecule has 2 aliphatic carbocycles. The van der Waals surface area contributed by atoms with Gasteiger partial charge in [0.1, 0.15) is 23.7 Å². The van der Waals surface area contributed by atoms with E-state index in [-0.39, 0.29) is 70.1 Å². The van der Waals surface area contributed by atoms with E-state index in [9.17, 15) is 38.6 Å². The van der Waals surface area contributed by atoms with Gasteiger partial charge in [-0.15, -0.1) is 21.5 Å². The maximum Gasteiger partial charge on any atom is 0.355 e. The zero-order valence-corrected chi connectivity index (χ0v) is 51.2. The average Bonchev–Trinajstić information content (AvgIpc) is 1.92. The van der Waals surface area contributed by atoms with Crippen molar-refractivity contribution in [2.24, 2.45) is 11.3 Å². The Morgan fingerprint density at radius 3 is 2.43 bits per heavy atom. The number of anilines is 4. The Kier molecular flexibility index (Phi) is 18.4. The molecule has 1 aliphatic heterocycles. The van der Waals surface area contributed by atoms with Crippen molar-refractivity contribution in [2.45, 2.75) is 143 Å². The molecule has 3 fully saturated rings. The molecule has 4 amide bonds. The Bertz CT molecular complexity index is 3610. The summed E-state index contributed by atoms with van der Waals surface area (Å²) in [6.07, 6.45) is 7.21. The van der Waals surface area contributed by atoms with Gasteiger partial charge in [0.2, 0.25) is 17.7 Å². The van der Waals surface area contributed by atoms with Gasteiger partial charge in [-0.2, -0.15) is 5.10 Å². The van der Waals surface area contributed by atoms with E-state index in [0.717, 1.165) is 57.0 Å². The SMILES string of the molecule is Cc1cc(N(CCN(C)C(=O)CCCOc2cc(-c3scnc3C)ccc2CNC(=O)[C@@H]2C[C@@H](O)CN2C(=O)[C@@H](NC(=O)C2(F)CC2)C(C)(C)C)c2ccc(-c3cnn(CC4CCCCC4)c3C)c(C(=O)O)n2)nnc1Nc1nc2ccccc2s1. The Morgan fingerprint density at radius 1 is 0.942 bits per heavy atom. The van der Waals surface area contributed by atoms with Crippen molar-refractivity contribution in [1.82, 2.24) is 55.4 Å². The first-order valence-corrected chi connectivity index (χ1v) is 31.0. The molecule has 5 N–H and O–H groups in total. The number of aromatic nitrogens is 7. The number of pyridine rings is 1. The lowest BCUT2D eigenvalue weighted by atomic mass is 9.85. The molecule has 0 spiro atoms. The number of hydrogen-bond donors (Lipinski definition) is 5. The number of carboxylic acids is 1. The molecule has 0 bridgehead atoms. The zero-order chi connectivity index (χ0) is 61.0. The fourth-order valence-corrected chi connectivity index (χ4v) is 12.8. The lowest BCUT2D eigenvalue weighted by Crippen LogP contribution is -2.59. The van der Waals surface area contributed by atoms with E-state index in [1.54, 1.807) is 61.5 Å². The van der Waals surface area contributed by atoms with E-state index in [1.165, 1.54) is 46.8 Å². The van der Waals surface area contributed by atoms with Gasteiger partial charge in [0.25, 0.3) is 5.91 Å². The number of amides is 4. The Morgan fingerprint density at radius 2 is 1.72 bits per heavy atom. The van der Waals surface area contributed by atoms with Crippen LogP contribution in [-0.4, -0.2) is 142 Å². The standard InChI is InChI=1S/C62H74FN13O8S2/c1-36-28-50(71-72-55(36)70-60-67-45-16-11-12-17-48(45)86-60)74(49-22-21-43(52(68-49)58(81)82)44-32-66-76(38(44)3)33-39-14-9-8-10-15-39)26-25-73(7)51(78)18-13-27-84-47-29-40(53-37(2)65-35-85-53)19-20-41(47)31-64-56(79)46-30-42(77)34-75(46)57(80)54(61(4,5)6)69-59(83)62(63)23-24-62/h11-12,16-17,19-22,28-29,32,35,39,42,46,54,77H,8-10,13-15,18,23-27,30-31,33-34H2,1-7H3,(H,64,79)(H,69,83)(H,81,82)(H,67,70,72)/t42-,46+,54-/m1/s1. The van der Waals surface area contributed by atoms with Crippen LogP contribution in [0.2, 0.25) is 0 Å². The number of alkyl halides is 1. The first-order valence-electron chi connectivity index (χ1n) is 29.3. The molecule has 454 valence electrons. The summed E-state index contributed by atoms with van der Waals surface area (Å²) in [5, 5.41) is 44.8. The largest absolute Gasteiger partial charge is 0.493 e. The number of aromatic carboxylic acids is 1. The predicted octanol–water partition coefficient (Wildman–Crippen LogP) is 9.48. The fraction of sp³-hybridized carbons (Fsp3) is 0.468. The molecule has 2 aromatic carbocycles. The Balaban J connectivity index is 0.821. The maximum atomic E-state index is 14.8. The summed E-state index contributed by atoms with van der Waals surface area (Å²) >= 11 is 2.96. The van der Waals surface area contributed by atoms with Crippen LogP contribution in [0.4, 0.5) is 27.0 Å². The van der Waals surface area contributed by atoms with Gasteiger partial charge in [0, 0.05) is 75.0 Å². The van der Waals surface area contributed by atoms with E-state index in [4.69, 9.17) is 19.8 Å². The van der Waals surface area contributed by atoms with E-state index in [1.807, 2.05) is 74.0 Å². The molecule has 24 heteroatoms. The highest BCUT2D eigenvalue weighted by Gasteiger charge is 2.53. The Labute approximate surface area is 506 Å². The van der Waals surface area contributed by atoms with Crippen LogP contribution in [0.25, 0.3) is 31.8 Å². The summed E-state index contributed by atoms with van der Waals surface area (Å²) in [6, 6.07) is 16.6. The third kappa shape index (κ3) is 14.0. The van der Waals surface area contributed by atoms with Gasteiger partial charge < -0.3 is 45.6 Å². The van der Waals surface area contributed by atoms with Crippen molar-refractivity contribution in [3.8, 4) is 27.3 Å². The number of para-hydroxylation sites is 1. The molecule has 2 saturated carbocycles. The second-order valence-electron chi connectivity index (χ2n) is 23.9. The molecule has 6 heterocycles. The first kappa shape index (κ1) is 61.1. The second-order valence-corrected chi connectivity index (χ2v) is 25.8. The summed E-state index contributed by atoms with van der Waals surface area (Å²) in [5.74, 6) is -1.19. The van der Waals surface area contributed by atoms with Gasteiger partial charge in [-0.3, -0.25) is 23.9 Å². The van der Waals surface area contributed by atoms with Crippen molar-refractivity contribution >= 4 is 85.1 Å². The van der Waals surface area contributed by atoms with Crippen LogP contribution in [0, 0.1) is 32.1 Å². The number of fused-ring (bicyclic) bond motifs is 1. The molecule has 86 heavy (non-hydrogen) atoms. The number of thiazole rings is 2. The van der Waals surface area contributed by atoms with Gasteiger partial charge in [0.05, 0.1) is 45.2 Å². The van der Waals surface area contributed by atoms with Crippen molar-refractivity contribution in [3.63, 3.8) is 0 Å². The third-order valence-corrected chi connectivity index (χ3v) is 18.4. The van der Waals surface area contributed by atoms with E-state index in [0.29, 0.717) is 57.4 Å². The summed E-state index contributed by atoms with van der Waals surface area (Å²) in [6.45, 7) is 12.1. The lowest BCUT2D eigenvalue weighted by Gasteiger charge is -2.35. The molecule has 21 nitrogen and oxygen atoms in total. The van der Waals surface area contributed by atoms with Crippen LogP contribution in [0.15, 0.2) is 72.4 Å². The number of carbonyl (C=O) groups is 5. The maximum absolute atomic E-state index is 14.8. The van der Waals surface area contributed by atoms with Gasteiger partial charge >= 0.3 is 5.97 Å². The molecule has 7 aromatic rings. The first-order chi connectivity index (χ1) is 41.1. The summed E-state index contributed by atoms with van der Waals surface area (Å²) in [5.41, 5.74) is 4.64. The minimum absolute atomic E-state index is 0.00466. The number of ether oxygens (including phenoxy) is 1. The van der Waals surface area contributed by atoms with Gasteiger partial charge in [0.15, 0.2) is 28.1 Å². The van der Waals surface area contributed by atoms with Crippen molar-refractivity contribution in [2.75, 3.05) is 43.5 Å². The number of aliphatic hydroxyl groups excluding tert-OH is 1. The number of carbonyl (C=O) groups excluding carboxylic acids is 4. The van der Waals surface area contributed by atoms with Crippen LogP contribution in [0.1, 0.15) is 118 Å². The number of likely N-dealkylation sites (N-methyl/N-ethyl adjacent to an activating group) is 1. The second kappa shape index (κ2) is 25.9. The molecule has 3 atom stereocenters. The van der Waals surface area contributed by atoms with Gasteiger partial charge in [-0.25, -0.2) is 24.1 Å². The summed E-state index contributed by atoms with van der Waals surface area (Å²) in [7, 11) is 1.70. The fourth-order valence-electron chi connectivity index (χ4n) is 11.1. The number of hydrogen-bond acceptors (Lipinski definition) is 17. The number of benzene rings is 2. The molecule has 10 rings (SSSR count). The zero-order valence-electron chi connectivity index (χ0n) is 49.6. The van der Waals surface area contributed by atoms with Crippen LogP contribution in [0.3, 0.4) is 0 Å². The number of aryl methyl sites for hydroxylation is 2. The number of β-amino-alcohol motifs (C(OH)–C–C–N with tert-alkyl or cyclic N) is 1. The number of likely N-dealkylation sites (tertiary alicyclic amines) is 1. The molecule has 0 radical (unpaired) electrons. The van der Waals surface area contributed by atoms with Crippen LogP contribution in [-0.2, 0) is 32.3 Å². The van der Waals surface area contributed by atoms with Crippen LogP contribution < -0.4 is 25.6 Å². The topological polar surface area (TPSA) is 263 Å². The quantitative estimate of drug-likeness (QED) is 0.0373. The van der Waals surface area contributed by atoms with E-state index < -0.39 is 53.0 Å². The monoisotopic (exact) mass is 1210 g/mol. The number of carboxylic acid groups (broad SMARTS) is 1. The molecule has 3 aliphatic rings. The minimum Gasteiger partial charge on any atom is -0.493 e. The van der Waals surface area contributed by atoms with Crippen LogP contribution >= 0.6 is 22.7 Å². The highest BCUT2D eigenvalue weighted by molar-refractivity contribution is 7.22. The normalized spacial score (nSPS) is 17.1. The lowest BCUT2D eigenvalue weighted by molar-refractivity contribution is -0.145. The third-order valence-electron chi connectivity index (χ3n) is 16.4. The van der Waals surface area contributed by atoms with Crippen molar-refractivity contribution < 1.29 is 43.3 Å². The number of nitrogens with zero attached hydrogens (tertiary/aromatic N) is 10. The molecule has 1 saturated heterocycles. The van der Waals surface area contributed by atoms with E-state index >= 15 is 0 Å². The highest BCUT2D eigenvalue weighted by atomic mass is 32.1. The van der Waals surface area contributed by atoms with Gasteiger partial charge in [-0.1, -0.05) is 75.6 Å². The molecular formula is C62H74FN13O8S2. The molecular weight excluding hydrogens is 1140 g/mol. The smallest absolute Gasteiger partial charge is 0.355 e. The number of nitrogens with one attached hydrogen (secondary N) is 3. The predicted molar refractivity (Wildman–Crippen MR) is 327 cm³/mol. The van der Waals surface area contributed by atoms with E-state index in [2.05, 4.69) is 31.1 Å². The number of aliphatic hydroxyl groups is 1. The summed E-state index contributed by atoms with van der Waals surface area (Å²) < 4.78 is 24.2. The summed E-state index contributed by atoms with van der Waals surface area (Å²) in [4.78, 5) is 87.4. The number of rotatable bonds is 23. The van der Waals surface area contributed by atoms with Gasteiger partial charge in [-0.05, 0) is 112 Å². The minimum atomic E-state index is -2.01. The molecule has 5 aromatic heterocycles. The van der Waals surface area contributed by atoms with Crippen molar-refractivity contribution in [3.05, 3.63) is 101 Å². The highest BCUT2D eigenvalue weighted by Crippen LogP contribution is 2.41. The Hall–Kier alpha value is -7.96. The average molecular weight is 1210 g/mol.